The Bertz CT molecular complexity index is 1270. The largest absolute Gasteiger partial charge is 0.299 e. The second kappa shape index (κ2) is 11.1. The Kier molecular flexibility index (Phi) is 8.46. The molecule has 33 heavy (non-hydrogen) atoms. The van der Waals surface area contributed by atoms with Crippen LogP contribution in [0.25, 0.3) is 0 Å². The lowest BCUT2D eigenvalue weighted by Crippen LogP contribution is -2.16. The zero-order valence-corrected chi connectivity index (χ0v) is 20.5. The molecule has 7 heteroatoms. The van der Waals surface area contributed by atoms with Gasteiger partial charge >= 0.3 is 0 Å². The normalized spacial score (nSPS) is 11.4. The van der Waals surface area contributed by atoms with Crippen LogP contribution >= 0.6 is 23.2 Å². The average molecular weight is 503 g/mol. The van der Waals surface area contributed by atoms with Crippen molar-refractivity contribution in [3.05, 3.63) is 99.0 Å². The van der Waals surface area contributed by atoms with Crippen molar-refractivity contribution in [2.45, 2.75) is 37.5 Å². The van der Waals surface area contributed by atoms with Crippen LogP contribution in [-0.2, 0) is 27.5 Å². The maximum absolute atomic E-state index is 13.0. The third-order valence-corrected chi connectivity index (χ3v) is 7.83. The van der Waals surface area contributed by atoms with Gasteiger partial charge in [0.15, 0.2) is 15.6 Å². The number of carbonyl (C=O) groups is 2. The molecule has 172 valence electrons. The van der Waals surface area contributed by atoms with Crippen molar-refractivity contribution in [1.29, 1.82) is 0 Å². The highest BCUT2D eigenvalue weighted by Gasteiger charge is 2.23. The van der Waals surface area contributed by atoms with Gasteiger partial charge in [-0.3, -0.25) is 9.59 Å². The molecule has 0 radical (unpaired) electrons. The molecule has 3 rings (SSSR count). The zero-order chi connectivity index (χ0) is 24.0. The van der Waals surface area contributed by atoms with Crippen molar-refractivity contribution in [3.8, 4) is 0 Å². The first-order valence-corrected chi connectivity index (χ1v) is 12.9. The maximum Gasteiger partial charge on any atom is 0.179 e. The molecular weight excluding hydrogens is 479 g/mol. The predicted molar refractivity (Wildman–Crippen MR) is 132 cm³/mol. The molecule has 0 spiro atoms. The van der Waals surface area contributed by atoms with Crippen LogP contribution in [0.5, 0.6) is 0 Å². The highest BCUT2D eigenvalue weighted by atomic mass is 35.5. The van der Waals surface area contributed by atoms with E-state index < -0.39 is 9.84 Å². The fraction of sp³-hybridized carbons (Fsp3) is 0.231. The van der Waals surface area contributed by atoms with E-state index in [4.69, 9.17) is 23.2 Å². The lowest BCUT2D eigenvalue weighted by atomic mass is 10.0. The van der Waals surface area contributed by atoms with Gasteiger partial charge in [0, 0.05) is 24.8 Å². The summed E-state index contributed by atoms with van der Waals surface area (Å²) in [5, 5.41) is 0.833. The molecule has 0 bridgehead atoms. The minimum Gasteiger partial charge on any atom is -0.299 e. The Morgan fingerprint density at radius 3 is 2.18 bits per heavy atom. The maximum atomic E-state index is 13.0. The standard InChI is InChI=1S/C26H24Cl2O4S/c1-18-6-8-19(9-7-18)16-21(29)14-15-33(31,32)26-5-3-2-4-22(26)25(30)13-11-20-10-12-23(27)24(28)17-20/h2-10,12,17H,11,13-16H2,1H3. The zero-order valence-electron chi connectivity index (χ0n) is 18.2. The predicted octanol–water partition coefficient (Wildman–Crippen LogP) is 6.09. The van der Waals surface area contributed by atoms with Crippen molar-refractivity contribution < 1.29 is 18.0 Å². The topological polar surface area (TPSA) is 68.3 Å². The Morgan fingerprint density at radius 2 is 1.48 bits per heavy atom. The number of halogens is 2. The summed E-state index contributed by atoms with van der Waals surface area (Å²) in [4.78, 5) is 25.2. The van der Waals surface area contributed by atoms with Crippen LogP contribution in [0, 0.1) is 6.92 Å². The minimum absolute atomic E-state index is 0.0349. The van der Waals surface area contributed by atoms with E-state index in [1.165, 1.54) is 12.1 Å². The summed E-state index contributed by atoms with van der Waals surface area (Å²) in [7, 11) is -3.81. The molecule has 0 amide bonds. The van der Waals surface area contributed by atoms with Crippen LogP contribution in [0.2, 0.25) is 10.0 Å². The number of ketones is 2. The molecular formula is C26H24Cl2O4S. The molecule has 4 nitrogen and oxygen atoms in total. The summed E-state index contributed by atoms with van der Waals surface area (Å²) in [6, 6.07) is 18.8. The van der Waals surface area contributed by atoms with Crippen LogP contribution in [-0.4, -0.2) is 25.7 Å². The van der Waals surface area contributed by atoms with Crippen LogP contribution in [0.4, 0.5) is 0 Å². The molecule has 0 saturated heterocycles. The fourth-order valence-electron chi connectivity index (χ4n) is 3.44. The molecule has 0 aromatic heterocycles. The quantitative estimate of drug-likeness (QED) is 0.314. The van der Waals surface area contributed by atoms with Gasteiger partial charge < -0.3 is 0 Å². The van der Waals surface area contributed by atoms with Gasteiger partial charge in [0.1, 0.15) is 5.78 Å². The van der Waals surface area contributed by atoms with Gasteiger partial charge in [0.25, 0.3) is 0 Å². The molecule has 3 aromatic carbocycles. The van der Waals surface area contributed by atoms with Crippen molar-refractivity contribution in [2.24, 2.45) is 0 Å². The van der Waals surface area contributed by atoms with Crippen molar-refractivity contribution in [3.63, 3.8) is 0 Å². The van der Waals surface area contributed by atoms with E-state index >= 15 is 0 Å². The van der Waals surface area contributed by atoms with Gasteiger partial charge in [0.05, 0.1) is 20.7 Å². The van der Waals surface area contributed by atoms with Gasteiger partial charge in [-0.15, -0.1) is 0 Å². The van der Waals surface area contributed by atoms with E-state index in [1.54, 1.807) is 30.3 Å². The van der Waals surface area contributed by atoms with Crippen LogP contribution < -0.4 is 0 Å². The van der Waals surface area contributed by atoms with E-state index in [0.717, 1.165) is 16.7 Å². The molecule has 0 N–H and O–H groups in total. The Labute approximate surface area is 204 Å². The number of rotatable bonds is 10. The summed E-state index contributed by atoms with van der Waals surface area (Å²) < 4.78 is 26.0. The number of hydrogen-bond donors (Lipinski definition) is 0. The molecule has 0 atom stereocenters. The second-order valence-corrected chi connectivity index (χ2v) is 10.8. The lowest BCUT2D eigenvalue weighted by Gasteiger charge is -2.10. The molecule has 0 heterocycles. The van der Waals surface area contributed by atoms with Crippen molar-refractivity contribution in [2.75, 3.05) is 5.75 Å². The number of benzene rings is 3. The van der Waals surface area contributed by atoms with Gasteiger partial charge in [-0.2, -0.15) is 0 Å². The second-order valence-electron chi connectivity index (χ2n) is 7.94. The number of hydrogen-bond acceptors (Lipinski definition) is 4. The first kappa shape index (κ1) is 25.2. The molecule has 0 aliphatic rings. The highest BCUT2D eigenvalue weighted by Crippen LogP contribution is 2.24. The third kappa shape index (κ3) is 7.00. The number of carbonyl (C=O) groups excluding carboxylic acids is 2. The number of aryl methyl sites for hydroxylation is 2. The van der Waals surface area contributed by atoms with Crippen LogP contribution in [0.15, 0.2) is 71.6 Å². The molecule has 0 unspecified atom stereocenters. The number of sulfone groups is 1. The summed E-state index contributed by atoms with van der Waals surface area (Å²) in [5.74, 6) is -0.786. The Balaban J connectivity index is 1.66. The first-order valence-electron chi connectivity index (χ1n) is 10.5. The van der Waals surface area contributed by atoms with Crippen LogP contribution in [0.3, 0.4) is 0 Å². The Hall–Kier alpha value is -2.47. The van der Waals surface area contributed by atoms with Gasteiger partial charge in [-0.1, -0.05) is 77.3 Å². The molecule has 0 fully saturated rings. The van der Waals surface area contributed by atoms with E-state index in [2.05, 4.69) is 0 Å². The fourth-order valence-corrected chi connectivity index (χ4v) is 5.28. The smallest absolute Gasteiger partial charge is 0.179 e. The van der Waals surface area contributed by atoms with Crippen molar-refractivity contribution >= 4 is 44.6 Å². The van der Waals surface area contributed by atoms with E-state index in [9.17, 15) is 18.0 Å². The lowest BCUT2D eigenvalue weighted by molar-refractivity contribution is -0.118. The summed E-state index contributed by atoms with van der Waals surface area (Å²) in [6.07, 6.45) is 0.595. The van der Waals surface area contributed by atoms with E-state index in [-0.39, 0.29) is 47.0 Å². The summed E-state index contributed by atoms with van der Waals surface area (Å²) in [6.45, 7) is 1.96. The van der Waals surface area contributed by atoms with Gasteiger partial charge in [-0.25, -0.2) is 8.42 Å². The minimum atomic E-state index is -3.81. The summed E-state index contributed by atoms with van der Waals surface area (Å²) in [5.41, 5.74) is 2.92. The Morgan fingerprint density at radius 1 is 0.818 bits per heavy atom. The molecule has 0 saturated carbocycles. The molecule has 0 aliphatic heterocycles. The first-order chi connectivity index (χ1) is 15.7. The number of Topliss-reactive ketones (excluding diaryl/α,β-unsaturated/α-hetero) is 2. The third-order valence-electron chi connectivity index (χ3n) is 5.32. The van der Waals surface area contributed by atoms with Gasteiger partial charge in [0.2, 0.25) is 0 Å². The van der Waals surface area contributed by atoms with Crippen LogP contribution in [0.1, 0.15) is 39.9 Å². The summed E-state index contributed by atoms with van der Waals surface area (Å²) >= 11 is 11.9. The van der Waals surface area contributed by atoms with E-state index in [1.807, 2.05) is 31.2 Å². The monoisotopic (exact) mass is 502 g/mol. The van der Waals surface area contributed by atoms with Crippen molar-refractivity contribution in [1.82, 2.24) is 0 Å². The molecule has 3 aromatic rings. The SMILES string of the molecule is Cc1ccc(CC(=O)CCS(=O)(=O)c2ccccc2C(=O)CCc2ccc(Cl)c(Cl)c2)cc1. The van der Waals surface area contributed by atoms with Gasteiger partial charge in [-0.05, 0) is 42.7 Å². The highest BCUT2D eigenvalue weighted by molar-refractivity contribution is 7.91. The molecule has 0 aliphatic carbocycles. The average Bonchev–Trinajstić information content (AvgIpc) is 2.80. The van der Waals surface area contributed by atoms with E-state index in [0.29, 0.717) is 16.5 Å².